The fourth-order valence-electron chi connectivity index (χ4n) is 2.71. The lowest BCUT2D eigenvalue weighted by atomic mass is 10.0. The number of aromatic nitrogens is 2. The number of aliphatic hydroxyl groups excluding tert-OH is 1. The highest BCUT2D eigenvalue weighted by molar-refractivity contribution is 5.61. The summed E-state index contributed by atoms with van der Waals surface area (Å²) in [5.74, 6) is 0.848. The third-order valence-corrected chi connectivity index (χ3v) is 4.17. The van der Waals surface area contributed by atoms with Crippen LogP contribution in [0.1, 0.15) is 24.0 Å². The van der Waals surface area contributed by atoms with E-state index in [2.05, 4.69) is 47.1 Å². The van der Waals surface area contributed by atoms with Gasteiger partial charge >= 0.3 is 0 Å². The van der Waals surface area contributed by atoms with Gasteiger partial charge in [0.2, 0.25) is 0 Å². The molecule has 1 aliphatic heterocycles. The maximum absolute atomic E-state index is 9.74. The fourth-order valence-corrected chi connectivity index (χ4v) is 2.71. The number of hydrogen-bond donors (Lipinski definition) is 1. The van der Waals surface area contributed by atoms with E-state index in [4.69, 9.17) is 0 Å². The van der Waals surface area contributed by atoms with Gasteiger partial charge in [0.05, 0.1) is 11.8 Å². The van der Waals surface area contributed by atoms with Crippen LogP contribution in [0.4, 0.5) is 5.82 Å². The molecule has 2 aromatic rings. The highest BCUT2D eigenvalue weighted by Gasteiger charge is 2.19. The summed E-state index contributed by atoms with van der Waals surface area (Å²) in [4.78, 5) is 2.10. The molecule has 110 valence electrons. The van der Waals surface area contributed by atoms with Crippen LogP contribution in [0.2, 0.25) is 0 Å². The predicted molar refractivity (Wildman–Crippen MR) is 84.4 cm³/mol. The van der Waals surface area contributed by atoms with Crippen molar-refractivity contribution in [3.8, 4) is 11.3 Å². The molecule has 0 aliphatic carbocycles. The lowest BCUT2D eigenvalue weighted by Gasteiger charge is -2.30. The SMILES string of the molecule is Cc1ccc(-c2ccc(N3CCCC(O)C3)nn2)cc1C. The number of nitrogens with zero attached hydrogens (tertiary/aromatic N) is 3. The molecule has 21 heavy (non-hydrogen) atoms. The average molecular weight is 283 g/mol. The molecule has 0 radical (unpaired) electrons. The van der Waals surface area contributed by atoms with Crippen LogP contribution in [-0.2, 0) is 0 Å². The summed E-state index contributed by atoms with van der Waals surface area (Å²) in [7, 11) is 0. The van der Waals surface area contributed by atoms with Crippen LogP contribution in [-0.4, -0.2) is 34.5 Å². The normalized spacial score (nSPS) is 18.8. The lowest BCUT2D eigenvalue weighted by molar-refractivity contribution is 0.154. The molecule has 1 aliphatic rings. The highest BCUT2D eigenvalue weighted by Crippen LogP contribution is 2.22. The van der Waals surface area contributed by atoms with E-state index >= 15 is 0 Å². The van der Waals surface area contributed by atoms with Crippen LogP contribution in [0.5, 0.6) is 0 Å². The third-order valence-electron chi connectivity index (χ3n) is 4.17. The molecule has 3 rings (SSSR count). The quantitative estimate of drug-likeness (QED) is 0.920. The van der Waals surface area contributed by atoms with Gasteiger partial charge in [0.25, 0.3) is 0 Å². The Kier molecular flexibility index (Phi) is 3.88. The largest absolute Gasteiger partial charge is 0.391 e. The van der Waals surface area contributed by atoms with Gasteiger partial charge in [-0.1, -0.05) is 12.1 Å². The number of aryl methyl sites for hydroxylation is 2. The van der Waals surface area contributed by atoms with Gasteiger partial charge < -0.3 is 10.0 Å². The van der Waals surface area contributed by atoms with Crippen LogP contribution in [0.25, 0.3) is 11.3 Å². The smallest absolute Gasteiger partial charge is 0.151 e. The minimum absolute atomic E-state index is 0.250. The molecule has 1 aromatic carbocycles. The van der Waals surface area contributed by atoms with Crippen molar-refractivity contribution in [1.82, 2.24) is 10.2 Å². The van der Waals surface area contributed by atoms with Crippen molar-refractivity contribution in [3.63, 3.8) is 0 Å². The Morgan fingerprint density at radius 2 is 1.95 bits per heavy atom. The minimum Gasteiger partial charge on any atom is -0.391 e. The lowest BCUT2D eigenvalue weighted by Crippen LogP contribution is -2.38. The molecule has 4 nitrogen and oxygen atoms in total. The van der Waals surface area contributed by atoms with Crippen LogP contribution >= 0.6 is 0 Å². The molecule has 1 saturated heterocycles. The average Bonchev–Trinajstić information content (AvgIpc) is 2.50. The van der Waals surface area contributed by atoms with E-state index < -0.39 is 0 Å². The van der Waals surface area contributed by atoms with E-state index in [-0.39, 0.29) is 6.10 Å². The zero-order valence-corrected chi connectivity index (χ0v) is 12.6. The Morgan fingerprint density at radius 1 is 1.10 bits per heavy atom. The maximum Gasteiger partial charge on any atom is 0.151 e. The molecule has 0 bridgehead atoms. The maximum atomic E-state index is 9.74. The molecule has 1 aromatic heterocycles. The van der Waals surface area contributed by atoms with Gasteiger partial charge in [-0.3, -0.25) is 0 Å². The van der Waals surface area contributed by atoms with Gasteiger partial charge in [0, 0.05) is 18.7 Å². The van der Waals surface area contributed by atoms with E-state index in [0.717, 1.165) is 36.5 Å². The number of piperidine rings is 1. The van der Waals surface area contributed by atoms with Crippen molar-refractivity contribution in [2.24, 2.45) is 0 Å². The summed E-state index contributed by atoms with van der Waals surface area (Å²) in [6, 6.07) is 10.3. The first-order chi connectivity index (χ1) is 10.1. The van der Waals surface area contributed by atoms with E-state index in [1.165, 1.54) is 11.1 Å². The summed E-state index contributed by atoms with van der Waals surface area (Å²) in [5.41, 5.74) is 4.53. The van der Waals surface area contributed by atoms with Gasteiger partial charge in [0.15, 0.2) is 5.82 Å². The minimum atomic E-state index is -0.250. The molecule has 0 saturated carbocycles. The number of aliphatic hydroxyl groups is 1. The van der Waals surface area contributed by atoms with E-state index in [1.54, 1.807) is 0 Å². The Hall–Kier alpha value is -1.94. The topological polar surface area (TPSA) is 49.2 Å². The van der Waals surface area contributed by atoms with Crippen molar-refractivity contribution in [3.05, 3.63) is 41.5 Å². The highest BCUT2D eigenvalue weighted by atomic mass is 16.3. The zero-order valence-electron chi connectivity index (χ0n) is 12.6. The monoisotopic (exact) mass is 283 g/mol. The second-order valence-corrected chi connectivity index (χ2v) is 5.82. The Labute approximate surface area is 125 Å². The summed E-state index contributed by atoms with van der Waals surface area (Å²) >= 11 is 0. The number of β-amino-alcohol motifs (C(OH)–C–C–N with tert-alkyl or cyclic N) is 1. The van der Waals surface area contributed by atoms with Crippen LogP contribution in [0.3, 0.4) is 0 Å². The molecular weight excluding hydrogens is 262 g/mol. The van der Waals surface area contributed by atoms with Gasteiger partial charge in [0.1, 0.15) is 0 Å². The summed E-state index contributed by atoms with van der Waals surface area (Å²) in [6.45, 7) is 5.80. The second-order valence-electron chi connectivity index (χ2n) is 5.82. The van der Waals surface area contributed by atoms with Crippen molar-refractivity contribution < 1.29 is 5.11 Å². The summed E-state index contributed by atoms with van der Waals surface area (Å²) in [6.07, 6.45) is 1.63. The van der Waals surface area contributed by atoms with Gasteiger partial charge in [-0.15, -0.1) is 10.2 Å². The van der Waals surface area contributed by atoms with Crippen LogP contribution < -0.4 is 4.90 Å². The first-order valence-electron chi connectivity index (χ1n) is 7.48. The fraction of sp³-hybridized carbons (Fsp3) is 0.412. The van der Waals surface area contributed by atoms with Gasteiger partial charge in [-0.25, -0.2) is 0 Å². The molecule has 1 unspecified atom stereocenters. The number of hydrogen-bond acceptors (Lipinski definition) is 4. The number of rotatable bonds is 2. The van der Waals surface area contributed by atoms with E-state index in [1.807, 2.05) is 12.1 Å². The van der Waals surface area contributed by atoms with Crippen molar-refractivity contribution in [2.45, 2.75) is 32.8 Å². The van der Waals surface area contributed by atoms with Crippen molar-refractivity contribution >= 4 is 5.82 Å². The molecule has 1 N–H and O–H groups in total. The molecular formula is C17H21N3O. The zero-order chi connectivity index (χ0) is 14.8. The van der Waals surface area contributed by atoms with Gasteiger partial charge in [-0.2, -0.15) is 0 Å². The molecule has 1 fully saturated rings. The Bertz CT molecular complexity index is 624. The number of anilines is 1. The predicted octanol–water partition coefficient (Wildman–Crippen LogP) is 2.72. The van der Waals surface area contributed by atoms with Crippen molar-refractivity contribution in [1.29, 1.82) is 0 Å². The molecule has 0 spiro atoms. The first-order valence-corrected chi connectivity index (χ1v) is 7.48. The van der Waals surface area contributed by atoms with Crippen LogP contribution in [0.15, 0.2) is 30.3 Å². The van der Waals surface area contributed by atoms with Crippen LogP contribution in [0, 0.1) is 13.8 Å². The number of benzene rings is 1. The summed E-state index contributed by atoms with van der Waals surface area (Å²) < 4.78 is 0. The third kappa shape index (κ3) is 3.05. The van der Waals surface area contributed by atoms with E-state index in [0.29, 0.717) is 6.54 Å². The second kappa shape index (κ2) is 5.82. The first kappa shape index (κ1) is 14.0. The standard InChI is InChI=1S/C17H21N3O/c1-12-5-6-14(10-13(12)2)16-7-8-17(19-18-16)20-9-3-4-15(21)11-20/h5-8,10,15,21H,3-4,9,11H2,1-2H3. The van der Waals surface area contributed by atoms with Gasteiger partial charge in [-0.05, 0) is 56.0 Å². The molecule has 1 atom stereocenters. The molecule has 0 amide bonds. The molecule has 2 heterocycles. The Balaban J connectivity index is 1.81. The van der Waals surface area contributed by atoms with E-state index in [9.17, 15) is 5.11 Å². The molecule has 4 heteroatoms. The Morgan fingerprint density at radius 3 is 2.62 bits per heavy atom. The van der Waals surface area contributed by atoms with Crippen molar-refractivity contribution in [2.75, 3.05) is 18.0 Å². The summed E-state index contributed by atoms with van der Waals surface area (Å²) in [5, 5.41) is 18.4.